The molecule has 2 bridgehead atoms. The molecular formula is C29H46N2O5S. The highest BCUT2D eigenvalue weighted by molar-refractivity contribution is 8.02. The van der Waals surface area contributed by atoms with Crippen LogP contribution in [0.25, 0.3) is 0 Å². The molecule has 7 nitrogen and oxygen atoms in total. The number of esters is 1. The van der Waals surface area contributed by atoms with Crippen LogP contribution in [0.15, 0.2) is 25.3 Å². The van der Waals surface area contributed by atoms with Crippen LogP contribution in [0.3, 0.4) is 0 Å². The Morgan fingerprint density at radius 2 is 1.95 bits per heavy atom. The molecule has 1 N–H and O–H groups in total. The van der Waals surface area contributed by atoms with E-state index >= 15 is 0 Å². The van der Waals surface area contributed by atoms with Crippen LogP contribution in [0.1, 0.15) is 73.6 Å². The molecular weight excluding hydrogens is 488 g/mol. The highest BCUT2D eigenvalue weighted by atomic mass is 32.2. The Kier molecular flexibility index (Phi) is 8.95. The fraction of sp³-hybridized carbons (Fsp3) is 0.759. The molecule has 0 aromatic carbocycles. The molecule has 0 aliphatic carbocycles. The fourth-order valence-electron chi connectivity index (χ4n) is 6.68. The number of carbonyl (C=O) groups excluding carboxylic acids is 3. The lowest BCUT2D eigenvalue weighted by Gasteiger charge is -2.43. The van der Waals surface area contributed by atoms with E-state index in [-0.39, 0.29) is 36.9 Å². The number of thioether (sulfide) groups is 1. The van der Waals surface area contributed by atoms with E-state index in [1.165, 1.54) is 0 Å². The van der Waals surface area contributed by atoms with Crippen molar-refractivity contribution in [2.24, 2.45) is 17.8 Å². The van der Waals surface area contributed by atoms with Gasteiger partial charge in [-0.2, -0.15) is 0 Å². The number of ether oxygens (including phenoxy) is 1. The number of carbonyl (C=O) groups is 3. The number of hydrogen-bond acceptors (Lipinski definition) is 6. The van der Waals surface area contributed by atoms with Crippen LogP contribution in [0.5, 0.6) is 0 Å². The molecule has 0 saturated carbocycles. The topological polar surface area (TPSA) is 87.1 Å². The SMILES string of the molecule is C=CCCCOC(=O)[C@H]1[C@H]2C(=O)N([C@@H](CO)CC(C)C)C(C(=O)N(CC=C)C(C)(C)C)C23CC[C@]1(C)S3. The second kappa shape index (κ2) is 11.1. The summed E-state index contributed by atoms with van der Waals surface area (Å²) < 4.78 is 4.49. The minimum Gasteiger partial charge on any atom is -0.465 e. The van der Waals surface area contributed by atoms with Gasteiger partial charge in [0.1, 0.15) is 6.04 Å². The third kappa shape index (κ3) is 5.25. The first-order valence-corrected chi connectivity index (χ1v) is 14.4. The Hall–Kier alpha value is -1.80. The molecule has 3 rings (SSSR count). The summed E-state index contributed by atoms with van der Waals surface area (Å²) in [6.45, 7) is 20.1. The van der Waals surface area contributed by atoms with Gasteiger partial charge >= 0.3 is 5.97 Å². The van der Waals surface area contributed by atoms with Gasteiger partial charge in [0.2, 0.25) is 11.8 Å². The van der Waals surface area contributed by atoms with Crippen molar-refractivity contribution < 1.29 is 24.2 Å². The third-order valence-corrected chi connectivity index (χ3v) is 10.2. The van der Waals surface area contributed by atoms with Crippen LogP contribution < -0.4 is 0 Å². The first-order chi connectivity index (χ1) is 17.3. The van der Waals surface area contributed by atoms with Crippen LogP contribution >= 0.6 is 11.8 Å². The summed E-state index contributed by atoms with van der Waals surface area (Å²) >= 11 is 1.63. The van der Waals surface area contributed by atoms with Crippen LogP contribution in [0.4, 0.5) is 0 Å². The van der Waals surface area contributed by atoms with E-state index < -0.39 is 39.0 Å². The Labute approximate surface area is 227 Å². The molecule has 3 aliphatic rings. The van der Waals surface area contributed by atoms with Gasteiger partial charge in [-0.15, -0.1) is 24.9 Å². The molecule has 3 heterocycles. The van der Waals surface area contributed by atoms with Crippen molar-refractivity contribution in [1.82, 2.24) is 9.80 Å². The highest BCUT2D eigenvalue weighted by Gasteiger charge is 2.78. The average molecular weight is 535 g/mol. The lowest BCUT2D eigenvalue weighted by molar-refractivity contribution is -0.156. The maximum atomic E-state index is 14.5. The number of nitrogens with zero attached hydrogens (tertiary/aromatic N) is 2. The summed E-state index contributed by atoms with van der Waals surface area (Å²) in [6, 6.07) is -1.26. The summed E-state index contributed by atoms with van der Waals surface area (Å²) in [4.78, 5) is 45.7. The lowest BCUT2D eigenvalue weighted by Crippen LogP contribution is -2.60. The maximum absolute atomic E-state index is 14.5. The van der Waals surface area contributed by atoms with Gasteiger partial charge in [-0.05, 0) is 65.7 Å². The number of allylic oxidation sites excluding steroid dienone is 1. The van der Waals surface area contributed by atoms with Crippen LogP contribution in [0.2, 0.25) is 0 Å². The molecule has 6 atom stereocenters. The average Bonchev–Trinajstić information content (AvgIpc) is 3.38. The quantitative estimate of drug-likeness (QED) is 0.229. The number of fused-ring (bicyclic) bond motifs is 1. The molecule has 3 saturated heterocycles. The lowest BCUT2D eigenvalue weighted by atomic mass is 9.66. The molecule has 3 fully saturated rings. The number of aliphatic hydroxyl groups excluding tert-OH is 1. The summed E-state index contributed by atoms with van der Waals surface area (Å²) in [5.41, 5.74) is -0.490. The molecule has 2 amide bonds. The zero-order chi connectivity index (χ0) is 27.8. The van der Waals surface area contributed by atoms with Crippen molar-refractivity contribution in [1.29, 1.82) is 0 Å². The van der Waals surface area contributed by atoms with Crippen molar-refractivity contribution in [3.05, 3.63) is 25.3 Å². The second-order valence-electron chi connectivity index (χ2n) is 12.4. The van der Waals surface area contributed by atoms with Crippen LogP contribution in [0, 0.1) is 17.8 Å². The van der Waals surface area contributed by atoms with Crippen LogP contribution in [-0.2, 0) is 19.1 Å². The minimum absolute atomic E-state index is 0.137. The van der Waals surface area contributed by atoms with Crippen molar-refractivity contribution in [3.63, 3.8) is 0 Å². The number of amides is 2. The van der Waals surface area contributed by atoms with Gasteiger partial charge in [0.15, 0.2) is 0 Å². The largest absolute Gasteiger partial charge is 0.465 e. The van der Waals surface area contributed by atoms with Crippen molar-refractivity contribution >= 4 is 29.5 Å². The van der Waals surface area contributed by atoms with Gasteiger partial charge in [0.05, 0.1) is 35.8 Å². The Balaban J connectivity index is 2.09. The monoisotopic (exact) mass is 534 g/mol. The predicted molar refractivity (Wildman–Crippen MR) is 148 cm³/mol. The Morgan fingerprint density at radius 1 is 1.27 bits per heavy atom. The first kappa shape index (κ1) is 29.8. The zero-order valence-corrected chi connectivity index (χ0v) is 24.3. The molecule has 8 heteroatoms. The van der Waals surface area contributed by atoms with Gasteiger partial charge < -0.3 is 19.6 Å². The zero-order valence-electron chi connectivity index (χ0n) is 23.5. The summed E-state index contributed by atoms with van der Waals surface area (Å²) in [5.74, 6) is -1.74. The number of likely N-dealkylation sites (tertiary alicyclic amines) is 1. The fourth-order valence-corrected chi connectivity index (χ4v) is 9.00. The minimum atomic E-state index is -0.759. The molecule has 1 spiro atoms. The van der Waals surface area contributed by atoms with Crippen molar-refractivity contribution in [3.8, 4) is 0 Å². The Bertz CT molecular complexity index is 914. The highest BCUT2D eigenvalue weighted by Crippen LogP contribution is 2.72. The van der Waals surface area contributed by atoms with E-state index in [2.05, 4.69) is 13.2 Å². The summed E-state index contributed by atoms with van der Waals surface area (Å²) in [6.07, 6.45) is 6.91. The molecule has 37 heavy (non-hydrogen) atoms. The van der Waals surface area contributed by atoms with E-state index in [9.17, 15) is 19.5 Å². The van der Waals surface area contributed by atoms with E-state index in [1.54, 1.807) is 33.7 Å². The molecule has 0 radical (unpaired) electrons. The van der Waals surface area contributed by atoms with E-state index in [0.29, 0.717) is 25.8 Å². The van der Waals surface area contributed by atoms with Crippen molar-refractivity contribution in [2.75, 3.05) is 19.8 Å². The number of aliphatic hydroxyl groups is 1. The van der Waals surface area contributed by atoms with Gasteiger partial charge in [-0.1, -0.05) is 26.0 Å². The molecule has 208 valence electrons. The van der Waals surface area contributed by atoms with E-state index in [0.717, 1.165) is 12.8 Å². The number of hydrogen-bond donors (Lipinski definition) is 1. The van der Waals surface area contributed by atoms with E-state index in [1.807, 2.05) is 41.5 Å². The van der Waals surface area contributed by atoms with Crippen molar-refractivity contribution in [2.45, 2.75) is 101 Å². The normalized spacial score (nSPS) is 31.4. The van der Waals surface area contributed by atoms with Gasteiger partial charge in [-0.25, -0.2) is 0 Å². The Morgan fingerprint density at radius 3 is 2.49 bits per heavy atom. The second-order valence-corrected chi connectivity index (χ2v) is 14.3. The molecule has 0 aromatic rings. The van der Waals surface area contributed by atoms with Crippen LogP contribution in [-0.4, -0.2) is 79.6 Å². The van der Waals surface area contributed by atoms with Gasteiger partial charge in [-0.3, -0.25) is 14.4 Å². The van der Waals surface area contributed by atoms with Gasteiger partial charge in [0, 0.05) is 16.8 Å². The predicted octanol–water partition coefficient (Wildman–Crippen LogP) is 4.20. The molecule has 0 aromatic heterocycles. The molecule has 3 aliphatic heterocycles. The molecule has 2 unspecified atom stereocenters. The maximum Gasteiger partial charge on any atom is 0.311 e. The third-order valence-electron chi connectivity index (χ3n) is 8.23. The smallest absolute Gasteiger partial charge is 0.311 e. The number of unbranched alkanes of at least 4 members (excludes halogenated alkanes) is 1. The van der Waals surface area contributed by atoms with E-state index in [4.69, 9.17) is 4.74 Å². The summed E-state index contributed by atoms with van der Waals surface area (Å²) in [7, 11) is 0. The number of rotatable bonds is 12. The standard InChI is InChI=1S/C29H46N2O5S/c1-9-11-12-16-36-26(35)22-21-24(33)31(20(18-32)17-19(3)4)23(29(21)14-13-28(22,8)37-29)25(34)30(15-10-2)27(5,6)7/h9-10,19-23,32H,1-2,11-18H2,3-8H3/t20-,21+,22-,23?,28+,29?/m1/s1. The summed E-state index contributed by atoms with van der Waals surface area (Å²) in [5, 5.41) is 10.4. The first-order valence-electron chi connectivity index (χ1n) is 13.6. The van der Waals surface area contributed by atoms with Gasteiger partial charge in [0.25, 0.3) is 0 Å².